The first-order chi connectivity index (χ1) is 7.65. The standard InChI is InChI=1S/C15H23N/c1-11-4-5-12(2)15(8-11)10-14-6-7-16-13(3)9-14/h4-5,8,13-14,16H,6-7,9-10H2,1-3H3. The second-order valence-electron chi connectivity index (χ2n) is 5.38. The Hall–Kier alpha value is -0.820. The average molecular weight is 217 g/mol. The molecule has 1 fully saturated rings. The van der Waals surface area contributed by atoms with Crippen LogP contribution >= 0.6 is 0 Å². The van der Waals surface area contributed by atoms with Gasteiger partial charge in [0.25, 0.3) is 0 Å². The van der Waals surface area contributed by atoms with Crippen molar-refractivity contribution in [2.75, 3.05) is 6.54 Å². The summed E-state index contributed by atoms with van der Waals surface area (Å²) in [6.07, 6.45) is 3.92. The summed E-state index contributed by atoms with van der Waals surface area (Å²) in [6, 6.07) is 7.53. The average Bonchev–Trinajstić information content (AvgIpc) is 2.24. The Balaban J connectivity index is 2.05. The van der Waals surface area contributed by atoms with Crippen LogP contribution in [0.5, 0.6) is 0 Å². The third-order valence-corrected chi connectivity index (χ3v) is 3.75. The molecule has 1 nitrogen and oxygen atoms in total. The van der Waals surface area contributed by atoms with Crippen LogP contribution < -0.4 is 5.32 Å². The largest absolute Gasteiger partial charge is 0.314 e. The van der Waals surface area contributed by atoms with Crippen LogP contribution in [0.4, 0.5) is 0 Å². The van der Waals surface area contributed by atoms with Crippen LogP contribution in [-0.2, 0) is 6.42 Å². The Labute approximate surface area is 99.3 Å². The van der Waals surface area contributed by atoms with Crippen LogP contribution in [0.25, 0.3) is 0 Å². The highest BCUT2D eigenvalue weighted by molar-refractivity contribution is 5.30. The molecule has 1 saturated heterocycles. The highest BCUT2D eigenvalue weighted by Crippen LogP contribution is 2.23. The van der Waals surface area contributed by atoms with Gasteiger partial charge in [0.2, 0.25) is 0 Å². The van der Waals surface area contributed by atoms with Crippen molar-refractivity contribution < 1.29 is 0 Å². The molecule has 1 aliphatic rings. The normalized spacial score (nSPS) is 25.7. The fraction of sp³-hybridized carbons (Fsp3) is 0.600. The number of benzene rings is 1. The lowest BCUT2D eigenvalue weighted by atomic mass is 9.86. The van der Waals surface area contributed by atoms with Gasteiger partial charge in [-0.25, -0.2) is 0 Å². The zero-order valence-corrected chi connectivity index (χ0v) is 10.7. The molecular weight excluding hydrogens is 194 g/mol. The van der Waals surface area contributed by atoms with Crippen LogP contribution in [0.15, 0.2) is 18.2 Å². The van der Waals surface area contributed by atoms with E-state index in [4.69, 9.17) is 0 Å². The summed E-state index contributed by atoms with van der Waals surface area (Å²) >= 11 is 0. The maximum atomic E-state index is 3.52. The van der Waals surface area contributed by atoms with Gasteiger partial charge in [-0.3, -0.25) is 0 Å². The van der Waals surface area contributed by atoms with Crippen LogP contribution in [0.2, 0.25) is 0 Å². The Morgan fingerprint density at radius 2 is 2.12 bits per heavy atom. The van der Waals surface area contributed by atoms with Gasteiger partial charge in [-0.2, -0.15) is 0 Å². The van der Waals surface area contributed by atoms with Crippen LogP contribution in [0.1, 0.15) is 36.5 Å². The third-order valence-electron chi connectivity index (χ3n) is 3.75. The summed E-state index contributed by atoms with van der Waals surface area (Å²) in [5, 5.41) is 3.52. The SMILES string of the molecule is Cc1ccc(C)c(CC2CCNC(C)C2)c1. The fourth-order valence-electron chi connectivity index (χ4n) is 2.75. The molecular formula is C15H23N. The molecule has 0 amide bonds. The van der Waals surface area contributed by atoms with Crippen molar-refractivity contribution >= 4 is 0 Å². The van der Waals surface area contributed by atoms with E-state index in [0.717, 1.165) is 5.92 Å². The zero-order chi connectivity index (χ0) is 11.5. The summed E-state index contributed by atoms with van der Waals surface area (Å²) in [7, 11) is 0. The smallest absolute Gasteiger partial charge is 0.00414 e. The molecule has 16 heavy (non-hydrogen) atoms. The molecule has 2 unspecified atom stereocenters. The molecule has 0 spiro atoms. The second kappa shape index (κ2) is 5.01. The minimum Gasteiger partial charge on any atom is -0.314 e. The van der Waals surface area contributed by atoms with E-state index in [-0.39, 0.29) is 0 Å². The van der Waals surface area contributed by atoms with Crippen LogP contribution in [0, 0.1) is 19.8 Å². The summed E-state index contributed by atoms with van der Waals surface area (Å²) in [6.45, 7) is 7.92. The molecule has 88 valence electrons. The first kappa shape index (κ1) is 11.7. The monoisotopic (exact) mass is 217 g/mol. The molecule has 1 heteroatoms. The van der Waals surface area contributed by atoms with Crippen molar-refractivity contribution in [3.63, 3.8) is 0 Å². The van der Waals surface area contributed by atoms with E-state index >= 15 is 0 Å². The lowest BCUT2D eigenvalue weighted by molar-refractivity contribution is 0.313. The van der Waals surface area contributed by atoms with E-state index in [0.29, 0.717) is 6.04 Å². The Morgan fingerprint density at radius 3 is 2.88 bits per heavy atom. The summed E-state index contributed by atoms with van der Waals surface area (Å²) in [4.78, 5) is 0. The van der Waals surface area contributed by atoms with E-state index in [1.54, 1.807) is 5.56 Å². The molecule has 1 N–H and O–H groups in total. The Kier molecular flexibility index (Phi) is 3.65. The van der Waals surface area contributed by atoms with Gasteiger partial charge >= 0.3 is 0 Å². The molecule has 1 aromatic carbocycles. The molecule has 0 saturated carbocycles. The number of nitrogens with one attached hydrogen (secondary N) is 1. The van der Waals surface area contributed by atoms with E-state index in [2.05, 4.69) is 44.3 Å². The van der Waals surface area contributed by atoms with Gasteiger partial charge in [0.15, 0.2) is 0 Å². The fourth-order valence-corrected chi connectivity index (χ4v) is 2.75. The Bertz CT molecular complexity index is 356. The number of hydrogen-bond donors (Lipinski definition) is 1. The van der Waals surface area contributed by atoms with Gasteiger partial charge in [0.05, 0.1) is 0 Å². The summed E-state index contributed by atoms with van der Waals surface area (Å²) < 4.78 is 0. The van der Waals surface area contributed by atoms with Crippen molar-refractivity contribution in [3.8, 4) is 0 Å². The quantitative estimate of drug-likeness (QED) is 0.802. The van der Waals surface area contributed by atoms with Crippen molar-refractivity contribution in [1.82, 2.24) is 5.32 Å². The lowest BCUT2D eigenvalue weighted by Gasteiger charge is -2.28. The van der Waals surface area contributed by atoms with E-state index in [1.165, 1.54) is 36.9 Å². The predicted octanol–water partition coefficient (Wildman–Crippen LogP) is 3.23. The predicted molar refractivity (Wildman–Crippen MR) is 69.8 cm³/mol. The number of aryl methyl sites for hydroxylation is 2. The topological polar surface area (TPSA) is 12.0 Å². The van der Waals surface area contributed by atoms with Gasteiger partial charge < -0.3 is 5.32 Å². The van der Waals surface area contributed by atoms with Crippen molar-refractivity contribution in [3.05, 3.63) is 34.9 Å². The molecule has 2 rings (SSSR count). The van der Waals surface area contributed by atoms with E-state index in [9.17, 15) is 0 Å². The van der Waals surface area contributed by atoms with Crippen LogP contribution in [0.3, 0.4) is 0 Å². The molecule has 0 aromatic heterocycles. The number of hydrogen-bond acceptors (Lipinski definition) is 1. The van der Waals surface area contributed by atoms with Gasteiger partial charge in [-0.15, -0.1) is 0 Å². The molecule has 0 bridgehead atoms. The first-order valence-corrected chi connectivity index (χ1v) is 6.44. The summed E-state index contributed by atoms with van der Waals surface area (Å²) in [5.41, 5.74) is 4.40. The van der Waals surface area contributed by atoms with Crippen molar-refractivity contribution in [2.45, 2.75) is 46.1 Å². The van der Waals surface area contributed by atoms with E-state index < -0.39 is 0 Å². The maximum absolute atomic E-state index is 3.52. The maximum Gasteiger partial charge on any atom is 0.00414 e. The highest BCUT2D eigenvalue weighted by Gasteiger charge is 2.18. The minimum absolute atomic E-state index is 0.698. The van der Waals surface area contributed by atoms with Gasteiger partial charge in [0.1, 0.15) is 0 Å². The molecule has 1 aliphatic heterocycles. The summed E-state index contributed by atoms with van der Waals surface area (Å²) in [5.74, 6) is 0.872. The van der Waals surface area contributed by atoms with Crippen LogP contribution in [-0.4, -0.2) is 12.6 Å². The molecule has 2 atom stereocenters. The number of piperidine rings is 1. The van der Waals surface area contributed by atoms with Gasteiger partial charge in [0, 0.05) is 6.04 Å². The molecule has 0 aliphatic carbocycles. The minimum atomic E-state index is 0.698. The van der Waals surface area contributed by atoms with Crippen molar-refractivity contribution in [2.24, 2.45) is 5.92 Å². The highest BCUT2D eigenvalue weighted by atomic mass is 14.9. The molecule has 1 heterocycles. The van der Waals surface area contributed by atoms with E-state index in [1.807, 2.05) is 0 Å². The first-order valence-electron chi connectivity index (χ1n) is 6.44. The lowest BCUT2D eigenvalue weighted by Crippen LogP contribution is -2.36. The van der Waals surface area contributed by atoms with Gasteiger partial charge in [-0.1, -0.05) is 23.8 Å². The third kappa shape index (κ3) is 2.85. The number of rotatable bonds is 2. The second-order valence-corrected chi connectivity index (χ2v) is 5.38. The Morgan fingerprint density at radius 1 is 1.31 bits per heavy atom. The molecule has 0 radical (unpaired) electrons. The van der Waals surface area contributed by atoms with Gasteiger partial charge in [-0.05, 0) is 63.6 Å². The van der Waals surface area contributed by atoms with Crippen molar-refractivity contribution in [1.29, 1.82) is 0 Å². The molecule has 1 aromatic rings. The zero-order valence-electron chi connectivity index (χ0n) is 10.7.